The lowest BCUT2D eigenvalue weighted by molar-refractivity contribution is -0.536. The van der Waals surface area contributed by atoms with Crippen molar-refractivity contribution in [3.63, 3.8) is 0 Å². The lowest BCUT2D eigenvalue weighted by atomic mass is 10.3. The number of halogens is 1. The Morgan fingerprint density at radius 2 is 1.20 bits per heavy atom. The first kappa shape index (κ1) is 25.9. The molecule has 4 aromatic rings. The van der Waals surface area contributed by atoms with E-state index in [0.717, 1.165) is 5.56 Å². The third-order valence-corrected chi connectivity index (χ3v) is 6.54. The second kappa shape index (κ2) is 12.2. The molecule has 0 saturated heterocycles. The second-order valence-corrected chi connectivity index (χ2v) is 9.42. The molecule has 0 spiro atoms. The molecular formula is C26H25ClNO6P. The van der Waals surface area contributed by atoms with Gasteiger partial charge >= 0.3 is 7.75 Å². The summed E-state index contributed by atoms with van der Waals surface area (Å²) in [5.74, 6) is 2.16. The highest BCUT2D eigenvalue weighted by molar-refractivity contribution is 7.47. The van der Waals surface area contributed by atoms with Gasteiger partial charge in [-0.25, -0.2) is 0 Å². The zero-order valence-corrected chi connectivity index (χ0v) is 21.1. The van der Waals surface area contributed by atoms with Gasteiger partial charge in [-0.3, -0.25) is 0 Å². The Balaban J connectivity index is 0.000000363. The van der Waals surface area contributed by atoms with Crippen LogP contribution in [0.2, 0.25) is 5.02 Å². The molecule has 4 rings (SSSR count). The Hall–Kier alpha value is -3.67. The third-order valence-electron chi connectivity index (χ3n) is 4.59. The summed E-state index contributed by atoms with van der Waals surface area (Å²) in [5, 5.41) is 11.0. The number of hydrogen-bond donors (Lipinski definition) is 0. The van der Waals surface area contributed by atoms with Gasteiger partial charge in [0.25, 0.3) is 0 Å². The SMILES string of the molecule is COc1ccc(OP(=O)(Oc2ccc(OC)cc2)[n+]2cccc(C)c2)cc1.[O-]c1ccc(Cl)cc1. The van der Waals surface area contributed by atoms with Crippen LogP contribution in [-0.4, -0.2) is 14.2 Å². The van der Waals surface area contributed by atoms with E-state index in [-0.39, 0.29) is 5.75 Å². The summed E-state index contributed by atoms with van der Waals surface area (Å²) in [7, 11) is -0.596. The quantitative estimate of drug-likeness (QED) is 0.289. The summed E-state index contributed by atoms with van der Waals surface area (Å²) < 4.78 is 37.0. The molecule has 0 fully saturated rings. The van der Waals surface area contributed by atoms with Gasteiger partial charge in [-0.2, -0.15) is 4.57 Å². The topological polar surface area (TPSA) is 80.9 Å². The van der Waals surface area contributed by atoms with Gasteiger partial charge in [-0.05, 0) is 73.7 Å². The average molecular weight is 514 g/mol. The average Bonchev–Trinajstić information content (AvgIpc) is 2.87. The van der Waals surface area contributed by atoms with E-state index in [9.17, 15) is 9.67 Å². The molecule has 0 amide bonds. The molecule has 35 heavy (non-hydrogen) atoms. The maximum absolute atomic E-state index is 13.7. The zero-order chi connectivity index (χ0) is 25.3. The number of rotatable bonds is 7. The summed E-state index contributed by atoms with van der Waals surface area (Å²) in [6, 6.07) is 23.3. The minimum atomic E-state index is -3.75. The number of pyridine rings is 1. The van der Waals surface area contributed by atoms with Gasteiger partial charge in [0.05, 0.1) is 14.2 Å². The van der Waals surface area contributed by atoms with Crippen LogP contribution in [0.5, 0.6) is 28.7 Å². The second-order valence-electron chi connectivity index (χ2n) is 7.22. The number of ether oxygens (including phenoxy) is 2. The predicted octanol–water partition coefficient (Wildman–Crippen LogP) is 5.83. The molecule has 9 heteroatoms. The van der Waals surface area contributed by atoms with Crippen molar-refractivity contribution in [2.45, 2.75) is 6.92 Å². The monoisotopic (exact) mass is 513 g/mol. The molecule has 0 atom stereocenters. The van der Waals surface area contributed by atoms with Gasteiger partial charge in [-0.1, -0.05) is 28.1 Å². The van der Waals surface area contributed by atoms with Crippen molar-refractivity contribution in [2.24, 2.45) is 0 Å². The van der Waals surface area contributed by atoms with Crippen LogP contribution in [0.25, 0.3) is 0 Å². The zero-order valence-electron chi connectivity index (χ0n) is 19.5. The van der Waals surface area contributed by atoms with E-state index in [4.69, 9.17) is 30.1 Å². The fourth-order valence-corrected chi connectivity index (χ4v) is 4.51. The smallest absolute Gasteiger partial charge is 0.728 e. The van der Waals surface area contributed by atoms with Crippen LogP contribution in [0.4, 0.5) is 0 Å². The van der Waals surface area contributed by atoms with E-state index in [1.807, 2.05) is 13.0 Å². The molecule has 3 aromatic carbocycles. The van der Waals surface area contributed by atoms with Gasteiger partial charge in [0.1, 0.15) is 23.0 Å². The fourth-order valence-electron chi connectivity index (χ4n) is 2.82. The largest absolute Gasteiger partial charge is 0.872 e. The van der Waals surface area contributed by atoms with Crippen molar-refractivity contribution in [1.82, 2.24) is 0 Å². The first-order valence-electron chi connectivity index (χ1n) is 10.5. The third kappa shape index (κ3) is 7.67. The summed E-state index contributed by atoms with van der Waals surface area (Å²) in [6.45, 7) is 1.90. The summed E-state index contributed by atoms with van der Waals surface area (Å²) in [4.78, 5) is 0. The van der Waals surface area contributed by atoms with Crippen molar-refractivity contribution < 1.29 is 32.5 Å². The van der Waals surface area contributed by atoms with E-state index in [0.29, 0.717) is 28.0 Å². The van der Waals surface area contributed by atoms with Gasteiger partial charge < -0.3 is 23.6 Å². The van der Waals surface area contributed by atoms with Crippen molar-refractivity contribution in [3.05, 3.63) is 108 Å². The number of hydrogen-bond acceptors (Lipinski definition) is 6. The minimum absolute atomic E-state index is 0.00519. The fraction of sp³-hybridized carbons (Fsp3) is 0.115. The Kier molecular flexibility index (Phi) is 9.01. The highest BCUT2D eigenvalue weighted by Crippen LogP contribution is 2.44. The number of aromatic nitrogens is 1. The maximum atomic E-state index is 13.7. The van der Waals surface area contributed by atoms with E-state index < -0.39 is 7.75 Å². The standard InChI is InChI=1S/C20H21NO5P.C6H5ClO/c1-16-5-4-14-21(15-16)27(22,25-19-10-6-17(23-2)7-11-19)26-20-12-8-18(24-3)9-13-20;7-5-1-3-6(8)4-2-5/h4-15H,1-3H3;1-4,8H/q+1;/p-1. The molecule has 0 saturated carbocycles. The highest BCUT2D eigenvalue weighted by Gasteiger charge is 2.42. The Bertz CT molecular complexity index is 1190. The van der Waals surface area contributed by atoms with Gasteiger partial charge in [0, 0.05) is 16.7 Å². The molecular weight excluding hydrogens is 489 g/mol. The number of benzene rings is 3. The van der Waals surface area contributed by atoms with E-state index in [1.165, 1.54) is 16.5 Å². The van der Waals surface area contributed by atoms with Crippen molar-refractivity contribution in [2.75, 3.05) is 14.2 Å². The molecule has 1 heterocycles. The van der Waals surface area contributed by atoms with Crippen LogP contribution >= 0.6 is 19.3 Å². The molecule has 0 aliphatic heterocycles. The Morgan fingerprint density at radius 1 is 0.743 bits per heavy atom. The first-order valence-corrected chi connectivity index (χ1v) is 12.4. The van der Waals surface area contributed by atoms with Crippen LogP contribution in [0.15, 0.2) is 97.3 Å². The van der Waals surface area contributed by atoms with E-state index in [1.54, 1.807) is 93.3 Å². The molecule has 1 aromatic heterocycles. The molecule has 7 nitrogen and oxygen atoms in total. The minimum Gasteiger partial charge on any atom is -0.872 e. The maximum Gasteiger partial charge on any atom is 0.728 e. The summed E-state index contributed by atoms with van der Waals surface area (Å²) in [6.07, 6.45) is 3.37. The van der Waals surface area contributed by atoms with Crippen LogP contribution < -0.4 is 28.0 Å². The predicted molar refractivity (Wildman–Crippen MR) is 133 cm³/mol. The van der Waals surface area contributed by atoms with Gasteiger partial charge in [0.15, 0.2) is 12.4 Å². The van der Waals surface area contributed by atoms with E-state index in [2.05, 4.69) is 0 Å². The van der Waals surface area contributed by atoms with Crippen molar-refractivity contribution in [1.29, 1.82) is 0 Å². The van der Waals surface area contributed by atoms with Crippen LogP contribution in [-0.2, 0) is 4.57 Å². The lowest BCUT2D eigenvalue weighted by Gasteiger charge is -2.14. The number of nitrogens with zero attached hydrogens (tertiary/aromatic N) is 1. The van der Waals surface area contributed by atoms with Gasteiger partial charge in [-0.15, -0.1) is 5.75 Å². The van der Waals surface area contributed by atoms with Crippen molar-refractivity contribution in [3.8, 4) is 28.7 Å². The highest BCUT2D eigenvalue weighted by atomic mass is 35.5. The molecule has 182 valence electrons. The lowest BCUT2D eigenvalue weighted by Crippen LogP contribution is -2.35. The van der Waals surface area contributed by atoms with Crippen LogP contribution in [0, 0.1) is 6.92 Å². The Labute approximate surface area is 209 Å². The summed E-state index contributed by atoms with van der Waals surface area (Å²) >= 11 is 5.47. The first-order chi connectivity index (χ1) is 16.8. The molecule has 0 bridgehead atoms. The molecule has 0 radical (unpaired) electrons. The molecule has 0 unspecified atom stereocenters. The van der Waals surface area contributed by atoms with Crippen LogP contribution in [0.1, 0.15) is 5.56 Å². The number of methoxy groups -OCH3 is 2. The summed E-state index contributed by atoms with van der Waals surface area (Å²) in [5.41, 5.74) is 0.925. The van der Waals surface area contributed by atoms with Crippen molar-refractivity contribution >= 4 is 19.3 Å². The molecule has 0 aliphatic carbocycles. The normalized spacial score (nSPS) is 10.5. The van der Waals surface area contributed by atoms with Crippen LogP contribution in [0.3, 0.4) is 0 Å². The molecule has 0 aliphatic rings. The number of aryl methyl sites for hydroxylation is 1. The molecule has 0 N–H and O–H groups in total. The van der Waals surface area contributed by atoms with Gasteiger partial charge in [0.2, 0.25) is 0 Å². The van der Waals surface area contributed by atoms with E-state index >= 15 is 0 Å². The Morgan fingerprint density at radius 3 is 1.60 bits per heavy atom.